The number of rotatable bonds is 6. The highest BCUT2D eigenvalue weighted by Crippen LogP contribution is 2.32. The monoisotopic (exact) mass is 283 g/mol. The number of carbonyl (C=O) groups is 1. The smallest absolute Gasteiger partial charge is 0.306 e. The molecule has 1 atom stereocenters. The molecule has 1 aliphatic carbocycles. The van der Waals surface area contributed by atoms with E-state index in [9.17, 15) is 4.79 Å². The molecule has 0 radical (unpaired) electrons. The maximum Gasteiger partial charge on any atom is 0.306 e. The van der Waals surface area contributed by atoms with Gasteiger partial charge in [-0.25, -0.2) is 0 Å². The van der Waals surface area contributed by atoms with Crippen LogP contribution in [-0.4, -0.2) is 18.6 Å². The second-order valence-electron chi connectivity index (χ2n) is 7.28. The van der Waals surface area contributed by atoms with E-state index in [0.717, 1.165) is 25.7 Å². The highest BCUT2D eigenvalue weighted by Gasteiger charge is 2.25. The molecular formula is C17H33NO2. The lowest BCUT2D eigenvalue weighted by molar-refractivity contribution is -0.150. The summed E-state index contributed by atoms with van der Waals surface area (Å²) in [5.74, 6) is 0.484. The molecule has 0 aliphatic heterocycles. The molecule has 0 aromatic carbocycles. The molecule has 1 fully saturated rings. The first-order valence-electron chi connectivity index (χ1n) is 8.33. The van der Waals surface area contributed by atoms with Gasteiger partial charge in [-0.05, 0) is 56.4 Å². The van der Waals surface area contributed by atoms with Crippen molar-refractivity contribution in [3.63, 3.8) is 0 Å². The second kappa shape index (κ2) is 8.66. The summed E-state index contributed by atoms with van der Waals surface area (Å²) in [5.41, 5.74) is 5.89. The quantitative estimate of drug-likeness (QED) is 0.591. The Bertz CT molecular complexity index is 275. The summed E-state index contributed by atoms with van der Waals surface area (Å²) < 4.78 is 5.64. The van der Waals surface area contributed by atoms with E-state index in [2.05, 4.69) is 20.8 Å². The van der Waals surface area contributed by atoms with Crippen LogP contribution in [0.25, 0.3) is 0 Å². The minimum atomic E-state index is -0.0110. The number of hydrogen-bond acceptors (Lipinski definition) is 3. The summed E-state index contributed by atoms with van der Waals surface area (Å²) in [5, 5.41) is 0. The maximum atomic E-state index is 12.0. The van der Waals surface area contributed by atoms with Crippen molar-refractivity contribution in [3.05, 3.63) is 0 Å². The van der Waals surface area contributed by atoms with Gasteiger partial charge in [-0.3, -0.25) is 4.79 Å². The van der Waals surface area contributed by atoms with Gasteiger partial charge in [0.15, 0.2) is 0 Å². The summed E-state index contributed by atoms with van der Waals surface area (Å²) in [6, 6.07) is 0. The van der Waals surface area contributed by atoms with Crippen LogP contribution in [-0.2, 0) is 9.53 Å². The van der Waals surface area contributed by atoms with Crippen LogP contribution >= 0.6 is 0 Å². The van der Waals surface area contributed by atoms with E-state index >= 15 is 0 Å². The normalized spacial score (nSPS) is 19.4. The van der Waals surface area contributed by atoms with Gasteiger partial charge in [0, 0.05) is 6.42 Å². The van der Waals surface area contributed by atoms with Crippen LogP contribution in [0.15, 0.2) is 0 Å². The Morgan fingerprint density at radius 2 is 1.75 bits per heavy atom. The summed E-state index contributed by atoms with van der Waals surface area (Å²) in [6.07, 6.45) is 9.69. The van der Waals surface area contributed by atoms with E-state index < -0.39 is 0 Å². The van der Waals surface area contributed by atoms with Gasteiger partial charge in [0.25, 0.3) is 0 Å². The SMILES string of the molecule is CC(C)(C)C(CCN)CCC(=O)OC1CCCCCC1. The molecule has 2 N–H and O–H groups in total. The average Bonchev–Trinajstić information content (AvgIpc) is 2.61. The van der Waals surface area contributed by atoms with Gasteiger partial charge in [0.2, 0.25) is 0 Å². The van der Waals surface area contributed by atoms with Crippen LogP contribution in [0.1, 0.15) is 78.6 Å². The van der Waals surface area contributed by atoms with Gasteiger partial charge in [-0.15, -0.1) is 0 Å². The minimum absolute atomic E-state index is 0.0110. The Morgan fingerprint density at radius 1 is 1.15 bits per heavy atom. The molecule has 1 unspecified atom stereocenters. The summed E-state index contributed by atoms with van der Waals surface area (Å²) >= 11 is 0. The lowest BCUT2D eigenvalue weighted by Gasteiger charge is -2.30. The van der Waals surface area contributed by atoms with Crippen molar-refractivity contribution in [1.29, 1.82) is 0 Å². The Kier molecular flexibility index (Phi) is 7.57. The Balaban J connectivity index is 2.33. The second-order valence-corrected chi connectivity index (χ2v) is 7.28. The minimum Gasteiger partial charge on any atom is -0.462 e. The van der Waals surface area contributed by atoms with E-state index in [1.807, 2.05) is 0 Å². The number of esters is 1. The average molecular weight is 283 g/mol. The first-order chi connectivity index (χ1) is 9.43. The van der Waals surface area contributed by atoms with Gasteiger partial charge < -0.3 is 10.5 Å². The molecule has 0 amide bonds. The molecule has 0 aromatic heterocycles. The molecule has 20 heavy (non-hydrogen) atoms. The fourth-order valence-electron chi connectivity index (χ4n) is 3.11. The zero-order chi connectivity index (χ0) is 15.0. The van der Waals surface area contributed by atoms with Crippen LogP contribution < -0.4 is 5.73 Å². The first kappa shape index (κ1) is 17.5. The van der Waals surface area contributed by atoms with Gasteiger partial charge in [0.05, 0.1) is 0 Å². The van der Waals surface area contributed by atoms with Crippen molar-refractivity contribution in [2.75, 3.05) is 6.54 Å². The van der Waals surface area contributed by atoms with Crippen LogP contribution in [0.5, 0.6) is 0 Å². The van der Waals surface area contributed by atoms with Crippen LogP contribution in [0.4, 0.5) is 0 Å². The molecule has 0 heterocycles. The third-order valence-electron chi connectivity index (χ3n) is 4.54. The van der Waals surface area contributed by atoms with Crippen molar-refractivity contribution >= 4 is 5.97 Å². The van der Waals surface area contributed by atoms with Gasteiger partial charge >= 0.3 is 5.97 Å². The third-order valence-corrected chi connectivity index (χ3v) is 4.54. The number of hydrogen-bond donors (Lipinski definition) is 1. The highest BCUT2D eigenvalue weighted by atomic mass is 16.5. The van der Waals surface area contributed by atoms with Crippen molar-refractivity contribution in [1.82, 2.24) is 0 Å². The van der Waals surface area contributed by atoms with Crippen LogP contribution in [0.2, 0.25) is 0 Å². The van der Waals surface area contributed by atoms with Gasteiger partial charge in [0.1, 0.15) is 6.10 Å². The van der Waals surface area contributed by atoms with E-state index in [-0.39, 0.29) is 17.5 Å². The van der Waals surface area contributed by atoms with Crippen LogP contribution in [0.3, 0.4) is 0 Å². The molecule has 3 heteroatoms. The molecular weight excluding hydrogens is 250 g/mol. The predicted octanol–water partition coefficient (Wildman–Crippen LogP) is 4.04. The van der Waals surface area contributed by atoms with Gasteiger partial charge in [-0.1, -0.05) is 33.6 Å². The van der Waals surface area contributed by atoms with Crippen molar-refractivity contribution in [2.24, 2.45) is 17.1 Å². The third kappa shape index (κ3) is 6.74. The zero-order valence-electron chi connectivity index (χ0n) is 13.6. The Morgan fingerprint density at radius 3 is 2.25 bits per heavy atom. The molecule has 1 rings (SSSR count). The molecule has 118 valence electrons. The predicted molar refractivity (Wildman–Crippen MR) is 83.4 cm³/mol. The molecule has 1 aliphatic rings. The van der Waals surface area contributed by atoms with Crippen molar-refractivity contribution < 1.29 is 9.53 Å². The molecule has 0 saturated heterocycles. The summed E-state index contributed by atoms with van der Waals surface area (Å²) in [6.45, 7) is 7.37. The van der Waals surface area contributed by atoms with Crippen molar-refractivity contribution in [2.45, 2.75) is 84.7 Å². The topological polar surface area (TPSA) is 52.3 Å². The molecule has 1 saturated carbocycles. The van der Waals surface area contributed by atoms with E-state index in [4.69, 9.17) is 10.5 Å². The summed E-state index contributed by atoms with van der Waals surface area (Å²) in [7, 11) is 0. The Hall–Kier alpha value is -0.570. The van der Waals surface area contributed by atoms with Crippen LogP contribution in [0, 0.1) is 11.3 Å². The number of ether oxygens (including phenoxy) is 1. The van der Waals surface area contributed by atoms with Gasteiger partial charge in [-0.2, -0.15) is 0 Å². The van der Waals surface area contributed by atoms with Crippen molar-refractivity contribution in [3.8, 4) is 0 Å². The largest absolute Gasteiger partial charge is 0.462 e. The first-order valence-corrected chi connectivity index (χ1v) is 8.33. The zero-order valence-corrected chi connectivity index (χ0v) is 13.6. The fourth-order valence-corrected chi connectivity index (χ4v) is 3.11. The fraction of sp³-hybridized carbons (Fsp3) is 0.941. The van der Waals surface area contributed by atoms with E-state index in [0.29, 0.717) is 18.9 Å². The lowest BCUT2D eigenvalue weighted by Crippen LogP contribution is -2.25. The number of nitrogens with two attached hydrogens (primary N) is 1. The standard InChI is InChI=1S/C17H33NO2/c1-17(2,3)14(12-13-18)10-11-16(19)20-15-8-6-4-5-7-9-15/h14-15H,4-13,18H2,1-3H3. The highest BCUT2D eigenvalue weighted by molar-refractivity contribution is 5.69. The van der Waals surface area contributed by atoms with E-state index in [1.165, 1.54) is 25.7 Å². The molecule has 0 bridgehead atoms. The van der Waals surface area contributed by atoms with E-state index in [1.54, 1.807) is 0 Å². The lowest BCUT2D eigenvalue weighted by atomic mass is 9.76. The molecule has 3 nitrogen and oxygen atoms in total. The molecule has 0 aromatic rings. The maximum absolute atomic E-state index is 12.0. The molecule has 0 spiro atoms. The Labute approximate surface area is 124 Å². The number of carbonyl (C=O) groups excluding carboxylic acids is 1. The summed E-state index contributed by atoms with van der Waals surface area (Å²) in [4.78, 5) is 12.0.